The number of hydrogen-bond acceptors (Lipinski definition) is 4. The molecule has 1 aliphatic heterocycles. The molecule has 0 saturated heterocycles. The highest BCUT2D eigenvalue weighted by Crippen LogP contribution is 2.34. The summed E-state index contributed by atoms with van der Waals surface area (Å²) in [6, 6.07) is 6.63. The van der Waals surface area contributed by atoms with Gasteiger partial charge in [-0.25, -0.2) is 8.42 Å². The van der Waals surface area contributed by atoms with E-state index in [2.05, 4.69) is 5.32 Å². The standard InChI is InChI=1S/C12H12N2O3S/c1-2-8-4-3-5-9-11(8)14-12(15)10(6-7-13)18(9,16)17/h3-5,10H,2,6H2,1H3,(H,14,15). The lowest BCUT2D eigenvalue weighted by atomic mass is 10.1. The maximum Gasteiger partial charge on any atom is 0.244 e. The summed E-state index contributed by atoms with van der Waals surface area (Å²) in [6.45, 7) is 1.88. The topological polar surface area (TPSA) is 87.0 Å². The van der Waals surface area contributed by atoms with Gasteiger partial charge >= 0.3 is 0 Å². The number of nitrogens with one attached hydrogen (secondary N) is 1. The monoisotopic (exact) mass is 264 g/mol. The number of sulfone groups is 1. The molecular formula is C12H12N2O3S. The van der Waals surface area contributed by atoms with Crippen LogP contribution < -0.4 is 5.32 Å². The van der Waals surface area contributed by atoms with Crippen LogP contribution in [-0.4, -0.2) is 19.6 Å². The summed E-state index contributed by atoms with van der Waals surface area (Å²) in [5, 5.41) is 9.92. The second kappa shape index (κ2) is 4.42. The predicted octanol–water partition coefficient (Wildman–Crippen LogP) is 1.26. The minimum atomic E-state index is -3.76. The highest BCUT2D eigenvalue weighted by Gasteiger charge is 2.40. The van der Waals surface area contributed by atoms with Gasteiger partial charge in [-0.05, 0) is 18.1 Å². The van der Waals surface area contributed by atoms with E-state index >= 15 is 0 Å². The summed E-state index contributed by atoms with van der Waals surface area (Å²) in [7, 11) is -3.76. The zero-order valence-electron chi connectivity index (χ0n) is 9.80. The molecule has 1 heterocycles. The maximum absolute atomic E-state index is 12.3. The van der Waals surface area contributed by atoms with Crippen molar-refractivity contribution in [2.24, 2.45) is 0 Å². The highest BCUT2D eigenvalue weighted by molar-refractivity contribution is 7.93. The first-order valence-electron chi connectivity index (χ1n) is 5.56. The number of amides is 1. The summed E-state index contributed by atoms with van der Waals surface area (Å²) < 4.78 is 24.5. The minimum absolute atomic E-state index is 0.113. The molecule has 0 aromatic heterocycles. The van der Waals surface area contributed by atoms with Crippen molar-refractivity contribution in [1.82, 2.24) is 0 Å². The average molecular weight is 264 g/mol. The quantitative estimate of drug-likeness (QED) is 0.871. The fourth-order valence-corrected chi connectivity index (χ4v) is 3.71. The molecule has 0 radical (unpaired) electrons. The Morgan fingerprint density at radius 3 is 2.78 bits per heavy atom. The van der Waals surface area contributed by atoms with Gasteiger partial charge in [0.2, 0.25) is 5.91 Å². The molecule has 1 aliphatic rings. The molecule has 0 spiro atoms. The molecule has 0 saturated carbocycles. The zero-order chi connectivity index (χ0) is 13.3. The van der Waals surface area contributed by atoms with Crippen molar-refractivity contribution >= 4 is 21.4 Å². The fourth-order valence-electron chi connectivity index (χ4n) is 2.03. The van der Waals surface area contributed by atoms with Crippen LogP contribution in [0, 0.1) is 11.3 Å². The van der Waals surface area contributed by atoms with E-state index in [-0.39, 0.29) is 11.3 Å². The van der Waals surface area contributed by atoms with E-state index in [0.29, 0.717) is 12.1 Å². The largest absolute Gasteiger partial charge is 0.324 e. The van der Waals surface area contributed by atoms with Crippen molar-refractivity contribution in [2.75, 3.05) is 5.32 Å². The molecule has 1 atom stereocenters. The Morgan fingerprint density at radius 2 is 2.17 bits per heavy atom. The zero-order valence-corrected chi connectivity index (χ0v) is 10.6. The molecule has 0 aliphatic carbocycles. The first-order valence-corrected chi connectivity index (χ1v) is 7.10. The van der Waals surface area contributed by atoms with Crippen molar-refractivity contribution < 1.29 is 13.2 Å². The van der Waals surface area contributed by atoms with Crippen molar-refractivity contribution in [2.45, 2.75) is 29.9 Å². The summed E-state index contributed by atoms with van der Waals surface area (Å²) in [6.07, 6.45) is 0.297. The normalized spacial score (nSPS) is 20.7. The van der Waals surface area contributed by atoms with Gasteiger partial charge in [0.15, 0.2) is 15.1 Å². The van der Waals surface area contributed by atoms with Crippen LogP contribution in [-0.2, 0) is 21.1 Å². The molecule has 2 rings (SSSR count). The van der Waals surface area contributed by atoms with Crippen molar-refractivity contribution in [3.05, 3.63) is 23.8 Å². The van der Waals surface area contributed by atoms with E-state index in [1.54, 1.807) is 18.2 Å². The molecule has 6 heteroatoms. The van der Waals surface area contributed by atoms with Crippen LogP contribution in [0.15, 0.2) is 23.1 Å². The van der Waals surface area contributed by atoms with Gasteiger partial charge in [0.25, 0.3) is 0 Å². The van der Waals surface area contributed by atoms with E-state index in [1.807, 2.05) is 6.92 Å². The summed E-state index contributed by atoms with van der Waals surface area (Å²) >= 11 is 0. The molecule has 94 valence electrons. The lowest BCUT2D eigenvalue weighted by Crippen LogP contribution is -2.40. The Labute approximate surface area is 105 Å². The number of nitrogens with zero attached hydrogens (tertiary/aromatic N) is 1. The number of para-hydroxylation sites is 1. The first-order chi connectivity index (χ1) is 8.52. The predicted molar refractivity (Wildman–Crippen MR) is 65.7 cm³/mol. The molecule has 1 amide bonds. The van der Waals surface area contributed by atoms with E-state index in [4.69, 9.17) is 5.26 Å². The van der Waals surface area contributed by atoms with Crippen molar-refractivity contribution in [1.29, 1.82) is 5.26 Å². The van der Waals surface area contributed by atoms with E-state index in [0.717, 1.165) is 5.56 Å². The van der Waals surface area contributed by atoms with Crippen LogP contribution in [0.5, 0.6) is 0 Å². The summed E-state index contributed by atoms with van der Waals surface area (Å²) in [4.78, 5) is 11.9. The van der Waals surface area contributed by atoms with Gasteiger partial charge in [-0.15, -0.1) is 0 Å². The van der Waals surface area contributed by atoms with Gasteiger partial charge in [0.1, 0.15) is 0 Å². The Hall–Kier alpha value is -1.87. The number of carbonyl (C=O) groups excluding carboxylic acids is 1. The van der Waals surface area contributed by atoms with E-state index in [9.17, 15) is 13.2 Å². The van der Waals surface area contributed by atoms with Crippen LogP contribution in [0.2, 0.25) is 0 Å². The van der Waals surface area contributed by atoms with Gasteiger partial charge in [-0.3, -0.25) is 4.79 Å². The molecular weight excluding hydrogens is 252 g/mol. The third-order valence-corrected chi connectivity index (χ3v) is 5.07. The Morgan fingerprint density at radius 1 is 1.44 bits per heavy atom. The smallest absolute Gasteiger partial charge is 0.244 e. The lowest BCUT2D eigenvalue weighted by molar-refractivity contribution is -0.115. The number of rotatable bonds is 2. The van der Waals surface area contributed by atoms with Gasteiger partial charge in [-0.1, -0.05) is 19.1 Å². The Kier molecular flexibility index (Phi) is 3.09. The Balaban J connectivity index is 2.66. The van der Waals surface area contributed by atoms with Gasteiger partial charge in [0, 0.05) is 0 Å². The summed E-state index contributed by atoms with van der Waals surface area (Å²) in [5.74, 6) is -0.620. The molecule has 0 bridgehead atoms. The summed E-state index contributed by atoms with van der Waals surface area (Å²) in [5.41, 5.74) is 1.14. The third kappa shape index (κ3) is 1.77. The molecule has 1 N–H and O–H groups in total. The molecule has 1 unspecified atom stereocenters. The van der Waals surface area contributed by atoms with Gasteiger partial charge < -0.3 is 5.32 Å². The van der Waals surface area contributed by atoms with E-state index < -0.39 is 21.0 Å². The maximum atomic E-state index is 12.3. The number of carbonyl (C=O) groups is 1. The van der Waals surface area contributed by atoms with Gasteiger partial charge in [0.05, 0.1) is 23.1 Å². The molecule has 5 nitrogen and oxygen atoms in total. The molecule has 1 aromatic rings. The number of anilines is 1. The number of aryl methyl sites for hydroxylation is 1. The second-order valence-electron chi connectivity index (χ2n) is 4.03. The average Bonchev–Trinajstić information content (AvgIpc) is 2.34. The van der Waals surface area contributed by atoms with Gasteiger partial charge in [-0.2, -0.15) is 5.26 Å². The first kappa shape index (κ1) is 12.6. The second-order valence-corrected chi connectivity index (χ2v) is 6.13. The van der Waals surface area contributed by atoms with Crippen LogP contribution >= 0.6 is 0 Å². The van der Waals surface area contributed by atoms with Crippen LogP contribution in [0.25, 0.3) is 0 Å². The number of hydrogen-bond donors (Lipinski definition) is 1. The van der Waals surface area contributed by atoms with Crippen molar-refractivity contribution in [3.8, 4) is 6.07 Å². The number of nitriles is 1. The highest BCUT2D eigenvalue weighted by atomic mass is 32.2. The fraction of sp³-hybridized carbons (Fsp3) is 0.333. The van der Waals surface area contributed by atoms with Crippen LogP contribution in [0.1, 0.15) is 18.9 Å². The lowest BCUT2D eigenvalue weighted by Gasteiger charge is -2.25. The van der Waals surface area contributed by atoms with E-state index in [1.165, 1.54) is 6.07 Å². The van der Waals surface area contributed by atoms with Crippen molar-refractivity contribution in [3.63, 3.8) is 0 Å². The molecule has 0 fully saturated rings. The third-order valence-electron chi connectivity index (χ3n) is 2.99. The number of benzene rings is 1. The molecule has 1 aromatic carbocycles. The van der Waals surface area contributed by atoms with Crippen LogP contribution in [0.4, 0.5) is 5.69 Å². The number of fused-ring (bicyclic) bond motifs is 1. The Bertz CT molecular complexity index is 644. The molecule has 18 heavy (non-hydrogen) atoms. The SMILES string of the molecule is CCc1cccc2c1NC(=O)C(CC#N)S2(=O)=O. The van der Waals surface area contributed by atoms with Crippen LogP contribution in [0.3, 0.4) is 0 Å². The minimum Gasteiger partial charge on any atom is -0.324 e.